The van der Waals surface area contributed by atoms with E-state index in [1.807, 2.05) is 44.1 Å². The minimum absolute atomic E-state index is 0.0954. The number of carbonyl (C=O) groups is 1. The number of amides is 1. The minimum atomic E-state index is -0.335. The number of hydrogen-bond donors (Lipinski definition) is 2. The highest BCUT2D eigenvalue weighted by Gasteiger charge is 2.07. The number of hydrogen-bond acceptors (Lipinski definition) is 3. The van der Waals surface area contributed by atoms with E-state index >= 15 is 0 Å². The van der Waals surface area contributed by atoms with Gasteiger partial charge >= 0.3 is 0 Å². The molecule has 0 bridgehead atoms. The summed E-state index contributed by atoms with van der Waals surface area (Å²) in [7, 11) is 3.88. The van der Waals surface area contributed by atoms with Gasteiger partial charge in [-0.15, -0.1) is 0 Å². The molecule has 0 aliphatic carbocycles. The maximum absolute atomic E-state index is 11.9. The Hall–Kier alpha value is -1.55. The number of aliphatic hydroxyl groups is 1. The molecule has 18 heavy (non-hydrogen) atoms. The van der Waals surface area contributed by atoms with Gasteiger partial charge in [0.05, 0.1) is 6.10 Å². The Labute approximate surface area is 109 Å². The van der Waals surface area contributed by atoms with Crippen molar-refractivity contribution in [1.29, 1.82) is 0 Å². The first-order valence-corrected chi connectivity index (χ1v) is 6.28. The monoisotopic (exact) mass is 250 g/mol. The third kappa shape index (κ3) is 4.37. The summed E-state index contributed by atoms with van der Waals surface area (Å²) in [4.78, 5) is 13.8. The lowest BCUT2D eigenvalue weighted by atomic mass is 10.1. The highest BCUT2D eigenvalue weighted by molar-refractivity contribution is 5.95. The first kappa shape index (κ1) is 14.5. The second-order valence-corrected chi connectivity index (χ2v) is 4.55. The molecular formula is C14H22N2O2. The van der Waals surface area contributed by atoms with Crippen molar-refractivity contribution in [2.45, 2.75) is 25.9 Å². The van der Waals surface area contributed by atoms with Crippen molar-refractivity contribution in [1.82, 2.24) is 5.32 Å². The molecule has 1 unspecified atom stereocenters. The Morgan fingerprint density at radius 1 is 1.44 bits per heavy atom. The lowest BCUT2D eigenvalue weighted by molar-refractivity contribution is 0.0942. The van der Waals surface area contributed by atoms with Crippen molar-refractivity contribution in [2.75, 3.05) is 25.5 Å². The van der Waals surface area contributed by atoms with Crippen molar-refractivity contribution in [3.8, 4) is 0 Å². The number of carbonyl (C=O) groups excluding carboxylic acids is 1. The van der Waals surface area contributed by atoms with E-state index in [9.17, 15) is 9.90 Å². The maximum Gasteiger partial charge on any atom is 0.251 e. The number of anilines is 1. The van der Waals surface area contributed by atoms with E-state index in [0.717, 1.165) is 5.69 Å². The van der Waals surface area contributed by atoms with E-state index in [2.05, 4.69) is 5.32 Å². The molecule has 0 aliphatic heterocycles. The third-order valence-electron chi connectivity index (χ3n) is 2.86. The average Bonchev–Trinajstić information content (AvgIpc) is 2.38. The zero-order valence-corrected chi connectivity index (χ0v) is 11.3. The summed E-state index contributed by atoms with van der Waals surface area (Å²) >= 11 is 0. The van der Waals surface area contributed by atoms with Gasteiger partial charge in [-0.3, -0.25) is 4.79 Å². The molecule has 0 heterocycles. The molecule has 0 fully saturated rings. The summed E-state index contributed by atoms with van der Waals surface area (Å²) in [5.74, 6) is -0.0954. The first-order chi connectivity index (χ1) is 8.54. The van der Waals surface area contributed by atoms with Crippen LogP contribution >= 0.6 is 0 Å². The molecular weight excluding hydrogens is 228 g/mol. The van der Waals surface area contributed by atoms with Crippen molar-refractivity contribution in [2.24, 2.45) is 0 Å². The summed E-state index contributed by atoms with van der Waals surface area (Å²) < 4.78 is 0. The lowest BCUT2D eigenvalue weighted by Gasteiger charge is -2.14. The standard InChI is InChI=1S/C14H22N2O2/c1-4-13(17)8-9-15-14(18)11-6-5-7-12(10-11)16(2)3/h5-7,10,13,17H,4,8-9H2,1-3H3,(H,15,18). The third-order valence-corrected chi connectivity index (χ3v) is 2.86. The van der Waals surface area contributed by atoms with Crippen LogP contribution in [-0.4, -0.2) is 37.8 Å². The van der Waals surface area contributed by atoms with Crippen LogP contribution in [0.4, 0.5) is 5.69 Å². The number of rotatable bonds is 6. The predicted octanol–water partition coefficient (Wildman–Crippen LogP) is 1.64. The van der Waals surface area contributed by atoms with Crippen LogP contribution in [0, 0.1) is 0 Å². The van der Waals surface area contributed by atoms with Gasteiger partial charge in [-0.1, -0.05) is 13.0 Å². The molecule has 0 saturated carbocycles. The predicted molar refractivity (Wildman–Crippen MR) is 74.0 cm³/mol. The normalized spacial score (nSPS) is 12.0. The first-order valence-electron chi connectivity index (χ1n) is 6.28. The Bertz CT molecular complexity index is 391. The minimum Gasteiger partial charge on any atom is -0.393 e. The Balaban J connectivity index is 2.53. The smallest absolute Gasteiger partial charge is 0.251 e. The van der Waals surface area contributed by atoms with E-state index in [4.69, 9.17) is 0 Å². The molecule has 1 atom stereocenters. The SMILES string of the molecule is CCC(O)CCNC(=O)c1cccc(N(C)C)c1. The Morgan fingerprint density at radius 2 is 2.17 bits per heavy atom. The fraction of sp³-hybridized carbons (Fsp3) is 0.500. The quantitative estimate of drug-likeness (QED) is 0.807. The largest absolute Gasteiger partial charge is 0.393 e. The van der Waals surface area contributed by atoms with E-state index in [1.165, 1.54) is 0 Å². The molecule has 4 heteroatoms. The molecule has 0 radical (unpaired) electrons. The fourth-order valence-electron chi connectivity index (χ4n) is 1.58. The van der Waals surface area contributed by atoms with Crippen LogP contribution in [0.1, 0.15) is 30.1 Å². The van der Waals surface area contributed by atoms with Gasteiger partial charge in [-0.25, -0.2) is 0 Å². The summed E-state index contributed by atoms with van der Waals surface area (Å²) in [6.07, 6.45) is 0.972. The van der Waals surface area contributed by atoms with E-state index in [0.29, 0.717) is 24.9 Å². The van der Waals surface area contributed by atoms with Gasteiger partial charge < -0.3 is 15.3 Å². The van der Waals surface area contributed by atoms with Crippen LogP contribution < -0.4 is 10.2 Å². The van der Waals surface area contributed by atoms with Gasteiger partial charge in [-0.2, -0.15) is 0 Å². The number of aliphatic hydroxyl groups excluding tert-OH is 1. The van der Waals surface area contributed by atoms with Crippen LogP contribution in [0.3, 0.4) is 0 Å². The van der Waals surface area contributed by atoms with Crippen molar-refractivity contribution in [3.63, 3.8) is 0 Å². The van der Waals surface area contributed by atoms with Crippen molar-refractivity contribution in [3.05, 3.63) is 29.8 Å². The molecule has 1 aromatic carbocycles. The van der Waals surface area contributed by atoms with Crippen LogP contribution in [0.2, 0.25) is 0 Å². The zero-order valence-electron chi connectivity index (χ0n) is 11.3. The van der Waals surface area contributed by atoms with Gasteiger partial charge in [0.25, 0.3) is 5.91 Å². The second kappa shape index (κ2) is 7.01. The van der Waals surface area contributed by atoms with Gasteiger partial charge in [-0.05, 0) is 31.0 Å². The molecule has 0 aliphatic rings. The fourth-order valence-corrected chi connectivity index (χ4v) is 1.58. The highest BCUT2D eigenvalue weighted by Crippen LogP contribution is 2.13. The summed E-state index contributed by atoms with van der Waals surface area (Å²) in [6, 6.07) is 7.47. The van der Waals surface area contributed by atoms with E-state index < -0.39 is 0 Å². The van der Waals surface area contributed by atoms with Gasteiger partial charge in [0.15, 0.2) is 0 Å². The summed E-state index contributed by atoms with van der Waals surface area (Å²) in [5, 5.41) is 12.2. The topological polar surface area (TPSA) is 52.6 Å². The van der Waals surface area contributed by atoms with Gasteiger partial charge in [0.1, 0.15) is 0 Å². The number of benzene rings is 1. The number of nitrogens with one attached hydrogen (secondary N) is 1. The van der Waals surface area contributed by atoms with Crippen LogP contribution in [0.5, 0.6) is 0 Å². The van der Waals surface area contributed by atoms with Crippen LogP contribution in [0.15, 0.2) is 24.3 Å². The number of nitrogens with zero attached hydrogens (tertiary/aromatic N) is 1. The molecule has 1 amide bonds. The summed E-state index contributed by atoms with van der Waals surface area (Å²) in [5.41, 5.74) is 1.64. The molecule has 0 aromatic heterocycles. The molecule has 0 spiro atoms. The van der Waals surface area contributed by atoms with Gasteiger partial charge in [0, 0.05) is 31.9 Å². The molecule has 1 rings (SSSR count). The molecule has 1 aromatic rings. The summed E-state index contributed by atoms with van der Waals surface area (Å²) in [6.45, 7) is 2.42. The van der Waals surface area contributed by atoms with Gasteiger partial charge in [0.2, 0.25) is 0 Å². The average molecular weight is 250 g/mol. The van der Waals surface area contributed by atoms with Crippen LogP contribution in [0.25, 0.3) is 0 Å². The Morgan fingerprint density at radius 3 is 2.78 bits per heavy atom. The maximum atomic E-state index is 11.9. The molecule has 4 nitrogen and oxygen atoms in total. The zero-order chi connectivity index (χ0) is 13.5. The van der Waals surface area contributed by atoms with Crippen molar-refractivity contribution >= 4 is 11.6 Å². The van der Waals surface area contributed by atoms with E-state index in [1.54, 1.807) is 6.07 Å². The molecule has 100 valence electrons. The highest BCUT2D eigenvalue weighted by atomic mass is 16.3. The van der Waals surface area contributed by atoms with Crippen molar-refractivity contribution < 1.29 is 9.90 Å². The van der Waals surface area contributed by atoms with E-state index in [-0.39, 0.29) is 12.0 Å². The lowest BCUT2D eigenvalue weighted by Crippen LogP contribution is -2.27. The Kier molecular flexibility index (Phi) is 5.65. The second-order valence-electron chi connectivity index (χ2n) is 4.55. The molecule has 2 N–H and O–H groups in total. The van der Waals surface area contributed by atoms with Crippen LogP contribution in [-0.2, 0) is 0 Å². The molecule has 0 saturated heterocycles.